The number of fused-ring (bicyclic) bond motifs is 4. The zero-order valence-electron chi connectivity index (χ0n) is 55.2. The van der Waals surface area contributed by atoms with Crippen molar-refractivity contribution in [1.29, 1.82) is 0 Å². The van der Waals surface area contributed by atoms with E-state index in [1.54, 1.807) is 23.9 Å². The summed E-state index contributed by atoms with van der Waals surface area (Å²) in [6.45, 7) is 5.77. The average Bonchev–Trinajstić information content (AvgIpc) is 1.06. The fraction of sp³-hybridized carbons (Fsp3) is 0.188. The highest BCUT2D eigenvalue weighted by molar-refractivity contribution is 7.99. The Morgan fingerprint density at radius 2 is 0.841 bits per heavy atom. The summed E-state index contributed by atoms with van der Waals surface area (Å²) in [5, 5.41) is 16.7. The number of thioether (sulfide) groups is 4. The summed E-state index contributed by atoms with van der Waals surface area (Å²) < 4.78 is 169. The number of alkyl halides is 12. The van der Waals surface area contributed by atoms with E-state index in [9.17, 15) is 95.4 Å². The molecule has 0 aliphatic carbocycles. The number of anilines is 2. The van der Waals surface area contributed by atoms with Crippen LogP contribution >= 0.6 is 81.1 Å². The van der Waals surface area contributed by atoms with Crippen LogP contribution in [0.4, 0.5) is 67.3 Å². The smallest absolute Gasteiger partial charge is 0.349 e. The first-order valence-corrected chi connectivity index (χ1v) is 37.7. The monoisotopic (exact) mass is 1620 g/mol. The molecule has 107 heavy (non-hydrogen) atoms. The van der Waals surface area contributed by atoms with E-state index in [0.29, 0.717) is 33.1 Å². The molecule has 0 fully saturated rings. The number of hydrogen-bond acceptors (Lipinski definition) is 17. The minimum atomic E-state index is -4.62. The number of hydrogen-bond donors (Lipinski definition) is 8. The van der Waals surface area contributed by atoms with E-state index in [0.717, 1.165) is 106 Å². The third kappa shape index (κ3) is 19.9. The second-order valence-corrected chi connectivity index (χ2v) is 29.3. The number of H-pyrrole nitrogens is 4. The van der Waals surface area contributed by atoms with Gasteiger partial charge in [0.05, 0.1) is 71.0 Å². The topological polar surface area (TPSA) is 274 Å². The number of thiophene rings is 1. The molecule has 0 bridgehead atoms. The maximum absolute atomic E-state index is 13.2. The third-order valence-corrected chi connectivity index (χ3v) is 20.5. The molecule has 0 atom stereocenters. The lowest BCUT2D eigenvalue weighted by Crippen LogP contribution is -2.29. The normalized spacial score (nSPS) is 11.7. The summed E-state index contributed by atoms with van der Waals surface area (Å²) >= 11 is 8.33. The lowest BCUT2D eigenvalue weighted by atomic mass is 10.1. The second kappa shape index (κ2) is 34.9. The van der Waals surface area contributed by atoms with Gasteiger partial charge in [0.15, 0.2) is 10.3 Å². The molecule has 4 amide bonds. The van der Waals surface area contributed by atoms with Crippen molar-refractivity contribution in [2.75, 3.05) is 34.1 Å². The quantitative estimate of drug-likeness (QED) is 0.0311. The van der Waals surface area contributed by atoms with Gasteiger partial charge in [-0.3, -0.25) is 49.0 Å². The van der Waals surface area contributed by atoms with Crippen molar-refractivity contribution in [3.8, 4) is 0 Å². The number of carbonyl (C=O) groups excluding carboxylic acids is 4. The van der Waals surface area contributed by atoms with Crippen LogP contribution in [0.5, 0.6) is 0 Å². The molecule has 5 aromatic carbocycles. The highest BCUT2D eigenvalue weighted by Gasteiger charge is 2.36. The maximum atomic E-state index is 13.2. The number of carbonyl (C=O) groups is 4. The van der Waals surface area contributed by atoms with Crippen LogP contribution in [0.1, 0.15) is 94.9 Å². The van der Waals surface area contributed by atoms with E-state index in [4.69, 9.17) is 0 Å². The fourth-order valence-corrected chi connectivity index (χ4v) is 14.7. The van der Waals surface area contributed by atoms with Gasteiger partial charge in [0.1, 0.15) is 28.1 Å². The van der Waals surface area contributed by atoms with E-state index in [2.05, 4.69) is 51.2 Å². The van der Waals surface area contributed by atoms with Crippen LogP contribution in [0.25, 0.3) is 43.6 Å². The lowest BCUT2D eigenvalue weighted by molar-refractivity contribution is -0.138. The van der Waals surface area contributed by atoms with E-state index >= 15 is 0 Å². The van der Waals surface area contributed by atoms with Gasteiger partial charge in [-0.15, -0.1) is 81.1 Å². The number of nitrogens with zero attached hydrogens (tertiary/aromatic N) is 2. The van der Waals surface area contributed by atoms with Crippen molar-refractivity contribution >= 4 is 159 Å². The Balaban J connectivity index is 0.000000165. The summed E-state index contributed by atoms with van der Waals surface area (Å²) in [7, 11) is 0. The Morgan fingerprint density at radius 3 is 1.21 bits per heavy atom. The third-order valence-electron chi connectivity index (χ3n) is 14.8. The number of para-hydroxylation sites is 1. The van der Waals surface area contributed by atoms with Crippen LogP contribution in [0, 0.1) is 5.82 Å². The maximum Gasteiger partial charge on any atom is 0.418 e. The molecule has 8 N–H and O–H groups in total. The Kier molecular flexibility index (Phi) is 26.5. The van der Waals surface area contributed by atoms with E-state index < -0.39 is 98.1 Å². The number of halogens is 13. The van der Waals surface area contributed by atoms with Crippen LogP contribution in [-0.2, 0) is 37.8 Å². The number of thiazole rings is 2. The molecule has 0 aliphatic heterocycles. The van der Waals surface area contributed by atoms with Crippen LogP contribution in [-0.4, -0.2) is 77.0 Å². The molecule has 0 saturated carbocycles. The molecule has 18 nitrogen and oxygen atoms in total. The molecule has 12 rings (SSSR count). The van der Waals surface area contributed by atoms with E-state index in [1.165, 1.54) is 88.9 Å². The zero-order chi connectivity index (χ0) is 77.9. The first-order valence-electron chi connectivity index (χ1n) is 30.9. The van der Waals surface area contributed by atoms with Crippen LogP contribution in [0.2, 0.25) is 0 Å². The van der Waals surface area contributed by atoms with E-state index in [-0.39, 0.29) is 99.1 Å². The van der Waals surface area contributed by atoms with Crippen molar-refractivity contribution in [2.45, 2.75) is 78.7 Å². The molecule has 0 spiro atoms. The van der Waals surface area contributed by atoms with Crippen LogP contribution in [0.3, 0.4) is 0 Å². The van der Waals surface area contributed by atoms with Crippen molar-refractivity contribution in [2.24, 2.45) is 0 Å². The summed E-state index contributed by atoms with van der Waals surface area (Å²) in [4.78, 5) is 121. The average molecular weight is 1620 g/mol. The number of amides is 4. The molecule has 38 heteroatoms. The minimum Gasteiger partial charge on any atom is -0.349 e. The van der Waals surface area contributed by atoms with Crippen molar-refractivity contribution < 1.29 is 76.3 Å². The largest absolute Gasteiger partial charge is 0.418 e. The number of rotatable bonds is 17. The molecule has 0 unspecified atom stereocenters. The van der Waals surface area contributed by atoms with Gasteiger partial charge in [0.2, 0.25) is 21.7 Å². The summed E-state index contributed by atoms with van der Waals surface area (Å²) in [6.07, 6.45) is -13.7. The van der Waals surface area contributed by atoms with Gasteiger partial charge in [0.25, 0.3) is 23.6 Å². The minimum absolute atomic E-state index is 0.00890. The van der Waals surface area contributed by atoms with Crippen molar-refractivity contribution in [3.63, 3.8) is 0 Å². The molecule has 0 radical (unpaired) electrons. The van der Waals surface area contributed by atoms with Crippen LogP contribution < -0.4 is 43.0 Å². The predicted octanol–water partition coefficient (Wildman–Crippen LogP) is 17.7. The number of aromatic nitrogens is 6. The van der Waals surface area contributed by atoms with Gasteiger partial charge in [-0.1, -0.05) is 45.0 Å². The number of pyridine rings is 4. The molecule has 560 valence electrons. The van der Waals surface area contributed by atoms with Gasteiger partial charge in [-0.25, -0.2) is 14.4 Å². The van der Waals surface area contributed by atoms with Gasteiger partial charge in [-0.05, 0) is 119 Å². The highest BCUT2D eigenvalue weighted by Crippen LogP contribution is 2.37. The Labute approximate surface area is 623 Å². The lowest BCUT2D eigenvalue weighted by Gasteiger charge is -2.13. The summed E-state index contributed by atoms with van der Waals surface area (Å²) in [5.74, 6) is -1.43. The first-order chi connectivity index (χ1) is 50.6. The molecular formula is C69H53F13N10O8S7. The molecule has 0 saturated heterocycles. The molecule has 7 aromatic heterocycles. The van der Waals surface area contributed by atoms with Gasteiger partial charge >= 0.3 is 24.7 Å². The Morgan fingerprint density at radius 1 is 0.439 bits per heavy atom. The van der Waals surface area contributed by atoms with Crippen molar-refractivity contribution in [1.82, 2.24) is 40.5 Å². The van der Waals surface area contributed by atoms with Gasteiger partial charge < -0.3 is 30.6 Å². The van der Waals surface area contributed by atoms with Gasteiger partial charge in [-0.2, -0.15) is 52.7 Å². The van der Waals surface area contributed by atoms with Gasteiger partial charge in [0, 0.05) is 56.1 Å². The molecule has 0 aliphatic rings. The highest BCUT2D eigenvalue weighted by atomic mass is 32.2. The Hall–Kier alpha value is -9.73. The second-order valence-electron chi connectivity index (χ2n) is 21.8. The molecule has 12 aromatic rings. The summed E-state index contributed by atoms with van der Waals surface area (Å²) in [5.41, 5.74) is -6.42. The van der Waals surface area contributed by atoms with Crippen LogP contribution in [0.15, 0.2) is 177 Å². The number of aromatic amines is 4. The number of nitrogens with one attached hydrogen (secondary N) is 8. The molecular weight excluding hydrogens is 1570 g/mol. The Bertz CT molecular complexity index is 5500. The van der Waals surface area contributed by atoms with E-state index in [1.807, 2.05) is 31.4 Å². The predicted molar refractivity (Wildman–Crippen MR) is 392 cm³/mol. The standard InChI is InChI=1S/C20H16F4N2O2S.C18H15F3N2O2S2.C16H12F3N3O2S2.C15H10F3N3O2S2/c1-2-29-19-16(18(28)25-10-11-3-6-13(21)7-4-11)17(27)14-8-5-12(20(22,23)24)9-15(14)26-19;1-2-26-17-14(16(25)22-9-11-4-3-7-27-11)15(24)12-6-5-10(18(19,20)21)8-13(12)23-17;1-2-25-14-11(13(24)22-15-20-5-6-26-15)12(23)9-4-3-8(16(17,18)19)7-10(9)21-14;1-24-13-9(12(23)21-14-19-5-6-25-14)11(22)7-3-2-4-8(10(7)20-13)15(16,17)18/h3-9H,2,10H2,1H3,(H,25,28)(H,26,27);3-8H,2,9H2,1H3,(H,22,25)(H,23,24);3-7H,2H2,1H3,(H,21,23)(H,20,22,24);2-6H,1H3,(H,20,22)(H,19,21,23). The number of benzene rings is 5. The summed E-state index contributed by atoms with van der Waals surface area (Å²) in [6, 6.07) is 20.9. The zero-order valence-corrected chi connectivity index (χ0v) is 61.0. The molecule has 7 heterocycles. The van der Waals surface area contributed by atoms with Crippen molar-refractivity contribution in [3.05, 3.63) is 239 Å². The SMILES string of the molecule is CCSc1[nH]c2cc(C(F)(F)F)ccc2c(=O)c1C(=O)NCc1ccc(F)cc1.CCSc1[nH]c2cc(C(F)(F)F)ccc2c(=O)c1C(=O)NCc1cccs1.CCSc1[nH]c2cc(C(F)(F)F)ccc2c(=O)c1C(=O)Nc1nccs1.CSc1[nH]c2c(C(F)(F)F)cccc2c(=O)c1C(=O)Nc1nccs1. The first kappa shape index (κ1) is 81.3. The fourth-order valence-electron chi connectivity index (χ4n) is 10.0.